The average molecular weight is 623 g/mol. The monoisotopic (exact) mass is 622 g/mol. The number of ether oxygens (including phenoxy) is 1. The van der Waals surface area contributed by atoms with Gasteiger partial charge in [0.1, 0.15) is 5.82 Å². The third-order valence-electron chi connectivity index (χ3n) is 8.23. The van der Waals surface area contributed by atoms with Crippen molar-refractivity contribution >= 4 is 35.2 Å². The zero-order valence-electron chi connectivity index (χ0n) is 27.1. The van der Waals surface area contributed by atoms with Gasteiger partial charge < -0.3 is 20.3 Å². The van der Waals surface area contributed by atoms with Gasteiger partial charge in [-0.1, -0.05) is 56.7 Å². The number of hydrogen-bond donors (Lipinski definition) is 3. The Hall–Kier alpha value is -5.12. The molecule has 0 spiro atoms. The molecule has 1 aromatic heterocycles. The molecule has 0 unspecified atom stereocenters. The van der Waals surface area contributed by atoms with E-state index in [4.69, 9.17) is 9.84 Å². The van der Waals surface area contributed by atoms with Crippen LogP contribution in [-0.2, 0) is 16.6 Å². The first-order valence-electron chi connectivity index (χ1n) is 15.6. The molecule has 1 fully saturated rings. The van der Waals surface area contributed by atoms with E-state index >= 15 is 0 Å². The normalized spacial score (nSPS) is 13.6. The molecule has 1 aliphatic rings. The van der Waals surface area contributed by atoms with Crippen LogP contribution in [-0.4, -0.2) is 52.9 Å². The first-order chi connectivity index (χ1) is 22.0. The number of aromatic nitrogens is 2. The van der Waals surface area contributed by atoms with E-state index in [2.05, 4.69) is 36.7 Å². The first kappa shape index (κ1) is 32.3. The number of amides is 4. The van der Waals surface area contributed by atoms with Crippen molar-refractivity contribution in [3.8, 4) is 5.69 Å². The molecule has 1 aliphatic heterocycles. The summed E-state index contributed by atoms with van der Waals surface area (Å²) >= 11 is 0. The Labute approximate surface area is 270 Å². The van der Waals surface area contributed by atoms with E-state index in [9.17, 15) is 14.4 Å². The van der Waals surface area contributed by atoms with E-state index in [0.717, 1.165) is 47.5 Å². The number of hydrogen-bond acceptors (Lipinski definition) is 5. The van der Waals surface area contributed by atoms with Gasteiger partial charge in [0.2, 0.25) is 0 Å². The number of aryl methyl sites for hydroxylation is 1. The number of piperidine rings is 1. The van der Waals surface area contributed by atoms with Crippen LogP contribution >= 0.6 is 0 Å². The molecule has 4 aromatic rings. The maximum atomic E-state index is 13.3. The van der Waals surface area contributed by atoms with Crippen molar-refractivity contribution in [2.24, 2.45) is 5.92 Å². The second kappa shape index (κ2) is 13.9. The Morgan fingerprint density at radius 3 is 2.22 bits per heavy atom. The molecule has 2 heterocycles. The topological polar surface area (TPSA) is 118 Å². The maximum absolute atomic E-state index is 13.3. The lowest BCUT2D eigenvalue weighted by Gasteiger charge is -2.32. The molecule has 1 saturated heterocycles. The predicted octanol–water partition coefficient (Wildman–Crippen LogP) is 7.40. The van der Waals surface area contributed by atoms with E-state index in [0.29, 0.717) is 36.1 Å². The third kappa shape index (κ3) is 7.93. The minimum atomic E-state index is -0.419. The average Bonchev–Trinajstić information content (AvgIpc) is 3.47. The fourth-order valence-corrected chi connectivity index (χ4v) is 5.47. The summed E-state index contributed by atoms with van der Waals surface area (Å²) < 4.78 is 6.50. The van der Waals surface area contributed by atoms with Crippen molar-refractivity contribution < 1.29 is 19.1 Å². The molecule has 46 heavy (non-hydrogen) atoms. The van der Waals surface area contributed by atoms with Crippen molar-refractivity contribution in [1.82, 2.24) is 14.7 Å². The van der Waals surface area contributed by atoms with Crippen LogP contribution in [0.4, 0.5) is 26.8 Å². The van der Waals surface area contributed by atoms with Gasteiger partial charge in [-0.05, 0) is 80.1 Å². The number of nitrogens with one attached hydrogen (secondary N) is 3. The molecule has 3 aromatic carbocycles. The van der Waals surface area contributed by atoms with Crippen LogP contribution in [0.15, 0.2) is 78.9 Å². The lowest BCUT2D eigenvalue weighted by Crippen LogP contribution is -2.41. The van der Waals surface area contributed by atoms with Gasteiger partial charge in [-0.25, -0.2) is 19.1 Å². The molecular formula is C36H42N6O4. The first-order valence-corrected chi connectivity index (χ1v) is 15.6. The highest BCUT2D eigenvalue weighted by Crippen LogP contribution is 2.28. The highest BCUT2D eigenvalue weighted by atomic mass is 16.5. The molecule has 10 nitrogen and oxygen atoms in total. The van der Waals surface area contributed by atoms with Gasteiger partial charge in [0, 0.05) is 35.9 Å². The highest BCUT2D eigenvalue weighted by Gasteiger charge is 2.25. The molecule has 0 radical (unpaired) electrons. The van der Waals surface area contributed by atoms with Crippen LogP contribution in [0, 0.1) is 12.8 Å². The van der Waals surface area contributed by atoms with Crippen molar-refractivity contribution in [3.05, 3.63) is 101 Å². The van der Waals surface area contributed by atoms with Gasteiger partial charge in [-0.15, -0.1) is 0 Å². The van der Waals surface area contributed by atoms with Crippen LogP contribution in [0.3, 0.4) is 0 Å². The molecule has 4 amide bonds. The van der Waals surface area contributed by atoms with Gasteiger partial charge in [-0.2, -0.15) is 5.10 Å². The van der Waals surface area contributed by atoms with E-state index in [1.165, 1.54) is 7.11 Å². The fraction of sp³-hybridized carbons (Fsp3) is 0.333. The summed E-state index contributed by atoms with van der Waals surface area (Å²) in [5, 5.41) is 13.8. The Bertz CT molecular complexity index is 1680. The molecule has 0 aliphatic carbocycles. The standard InChI is InChI=1S/C36H42N6O4/c1-24-10-16-29(17-11-24)42-32(23-31(40-42)36(2,3)4)39-34(44)38-30-9-7-6-8-27(30)22-25-18-20-41(21-19-25)35(45)37-28-14-12-26(13-15-28)33(43)46-5/h6-17,23,25H,18-22H2,1-5H3,(H,37,45)(H2,38,39,44). The molecular weight excluding hydrogens is 580 g/mol. The van der Waals surface area contributed by atoms with Crippen LogP contribution in [0.1, 0.15) is 60.8 Å². The number of likely N-dealkylation sites (tertiary alicyclic amines) is 1. The minimum absolute atomic E-state index is 0.164. The number of para-hydroxylation sites is 1. The number of urea groups is 2. The number of esters is 1. The number of anilines is 3. The Balaban J connectivity index is 1.19. The van der Waals surface area contributed by atoms with E-state index < -0.39 is 5.97 Å². The highest BCUT2D eigenvalue weighted by molar-refractivity contribution is 6.00. The Morgan fingerprint density at radius 2 is 1.57 bits per heavy atom. The Morgan fingerprint density at radius 1 is 0.891 bits per heavy atom. The summed E-state index contributed by atoms with van der Waals surface area (Å²) in [5.74, 6) is 0.540. The summed E-state index contributed by atoms with van der Waals surface area (Å²) in [4.78, 5) is 39.7. The van der Waals surface area contributed by atoms with Crippen molar-refractivity contribution in [2.45, 2.75) is 52.4 Å². The summed E-state index contributed by atoms with van der Waals surface area (Å²) in [5.41, 5.74) is 5.55. The summed E-state index contributed by atoms with van der Waals surface area (Å²) in [6.07, 6.45) is 2.48. The number of carbonyl (C=O) groups is 3. The summed E-state index contributed by atoms with van der Waals surface area (Å²) in [6, 6.07) is 23.9. The van der Waals surface area contributed by atoms with Crippen molar-refractivity contribution in [2.75, 3.05) is 36.1 Å². The maximum Gasteiger partial charge on any atom is 0.337 e. The smallest absolute Gasteiger partial charge is 0.337 e. The SMILES string of the molecule is COC(=O)c1ccc(NC(=O)N2CCC(Cc3ccccc3NC(=O)Nc3cc(C(C)(C)C)nn3-c3ccc(C)cc3)CC2)cc1. The van der Waals surface area contributed by atoms with Crippen molar-refractivity contribution in [3.63, 3.8) is 0 Å². The van der Waals surface area contributed by atoms with Crippen molar-refractivity contribution in [1.29, 1.82) is 0 Å². The minimum Gasteiger partial charge on any atom is -0.465 e. The number of rotatable bonds is 7. The van der Waals surface area contributed by atoms with Gasteiger partial charge >= 0.3 is 18.0 Å². The van der Waals surface area contributed by atoms with Crippen LogP contribution in [0.5, 0.6) is 0 Å². The van der Waals surface area contributed by atoms with Gasteiger partial charge in [-0.3, -0.25) is 5.32 Å². The molecule has 3 N–H and O–H groups in total. The molecule has 240 valence electrons. The number of nitrogens with zero attached hydrogens (tertiary/aromatic N) is 3. The Kier molecular flexibility index (Phi) is 9.75. The largest absolute Gasteiger partial charge is 0.465 e. The number of methoxy groups -OCH3 is 1. The second-order valence-electron chi connectivity index (χ2n) is 12.8. The molecule has 0 bridgehead atoms. The fourth-order valence-electron chi connectivity index (χ4n) is 5.47. The van der Waals surface area contributed by atoms with E-state index in [1.807, 2.05) is 66.4 Å². The van der Waals surface area contributed by atoms with Crippen LogP contribution in [0.25, 0.3) is 5.69 Å². The summed E-state index contributed by atoms with van der Waals surface area (Å²) in [7, 11) is 1.33. The molecule has 5 rings (SSSR count). The predicted molar refractivity (Wildman–Crippen MR) is 181 cm³/mol. The van der Waals surface area contributed by atoms with Gasteiger partial charge in [0.15, 0.2) is 0 Å². The zero-order chi connectivity index (χ0) is 32.8. The summed E-state index contributed by atoms with van der Waals surface area (Å²) in [6.45, 7) is 9.58. The van der Waals surface area contributed by atoms with Crippen LogP contribution in [0.2, 0.25) is 0 Å². The lowest BCUT2D eigenvalue weighted by molar-refractivity contribution is 0.0600. The number of carbonyl (C=O) groups excluding carboxylic acids is 3. The van der Waals surface area contributed by atoms with Gasteiger partial charge in [0.25, 0.3) is 0 Å². The second-order valence-corrected chi connectivity index (χ2v) is 12.8. The number of benzene rings is 3. The van der Waals surface area contributed by atoms with Gasteiger partial charge in [0.05, 0.1) is 24.1 Å². The third-order valence-corrected chi connectivity index (χ3v) is 8.23. The van der Waals surface area contributed by atoms with E-state index in [1.54, 1.807) is 28.9 Å². The van der Waals surface area contributed by atoms with Crippen LogP contribution < -0.4 is 16.0 Å². The van der Waals surface area contributed by atoms with E-state index in [-0.39, 0.29) is 17.5 Å². The quantitative estimate of drug-likeness (QED) is 0.186. The molecule has 0 atom stereocenters. The molecule has 0 saturated carbocycles. The zero-order valence-corrected chi connectivity index (χ0v) is 27.1. The lowest BCUT2D eigenvalue weighted by atomic mass is 9.89. The molecule has 10 heteroatoms.